The van der Waals surface area contributed by atoms with Crippen LogP contribution < -0.4 is 5.32 Å². The van der Waals surface area contributed by atoms with E-state index >= 15 is 0 Å². The zero-order valence-corrected chi connectivity index (χ0v) is 14.5. The van der Waals surface area contributed by atoms with E-state index in [2.05, 4.69) is 36.5 Å². The number of thiophene rings is 1. The fraction of sp³-hybridized carbons (Fsp3) is 0.421. The molecule has 1 saturated carbocycles. The Morgan fingerprint density at radius 1 is 1.30 bits per heavy atom. The van der Waals surface area contributed by atoms with Crippen LogP contribution in [0.1, 0.15) is 40.6 Å². The van der Waals surface area contributed by atoms with E-state index in [1.165, 1.54) is 18.4 Å². The number of amides is 1. The number of nitrogens with one attached hydrogen (secondary N) is 1. The summed E-state index contributed by atoms with van der Waals surface area (Å²) in [5, 5.41) is 5.27. The molecule has 4 heteroatoms. The van der Waals surface area contributed by atoms with Gasteiger partial charge in [0.05, 0.1) is 12.2 Å². The largest absolute Gasteiger partial charge is 0.379 e. The van der Waals surface area contributed by atoms with Crippen molar-refractivity contribution < 1.29 is 9.53 Å². The molecule has 1 heterocycles. The molecule has 1 N–H and O–H groups in total. The monoisotopic (exact) mass is 329 g/mol. The van der Waals surface area contributed by atoms with Crippen LogP contribution in [0.25, 0.3) is 0 Å². The van der Waals surface area contributed by atoms with E-state index in [4.69, 9.17) is 4.74 Å². The van der Waals surface area contributed by atoms with E-state index in [1.807, 2.05) is 17.5 Å². The summed E-state index contributed by atoms with van der Waals surface area (Å²) in [6, 6.07) is 12.3. The van der Waals surface area contributed by atoms with Crippen LogP contribution >= 0.6 is 11.3 Å². The highest BCUT2D eigenvalue weighted by molar-refractivity contribution is 7.10. The van der Waals surface area contributed by atoms with Crippen LogP contribution in [0, 0.1) is 5.92 Å². The number of benzene rings is 1. The molecule has 1 amide bonds. The molecule has 2 aromatic rings. The first-order valence-corrected chi connectivity index (χ1v) is 8.92. The molecule has 0 saturated heterocycles. The summed E-state index contributed by atoms with van der Waals surface area (Å²) in [5.41, 5.74) is 1.83. The topological polar surface area (TPSA) is 38.3 Å². The van der Waals surface area contributed by atoms with Crippen molar-refractivity contribution in [2.45, 2.75) is 38.3 Å². The van der Waals surface area contributed by atoms with Crippen LogP contribution in [0.3, 0.4) is 0 Å². The Hall–Kier alpha value is -1.65. The van der Waals surface area contributed by atoms with Crippen LogP contribution in [0.15, 0.2) is 41.8 Å². The molecule has 0 bridgehead atoms. The van der Waals surface area contributed by atoms with Crippen LogP contribution in [-0.2, 0) is 17.8 Å². The smallest absolute Gasteiger partial charge is 0.252 e. The maximum Gasteiger partial charge on any atom is 0.252 e. The van der Waals surface area contributed by atoms with Crippen molar-refractivity contribution in [1.29, 1.82) is 0 Å². The van der Waals surface area contributed by atoms with Gasteiger partial charge in [-0.25, -0.2) is 0 Å². The van der Waals surface area contributed by atoms with Crippen molar-refractivity contribution in [1.82, 2.24) is 5.32 Å². The van der Waals surface area contributed by atoms with E-state index in [0.29, 0.717) is 12.5 Å². The molecular weight excluding hydrogens is 306 g/mol. The van der Waals surface area contributed by atoms with Crippen molar-refractivity contribution >= 4 is 17.2 Å². The lowest BCUT2D eigenvalue weighted by atomic mass is 9.87. The van der Waals surface area contributed by atoms with Crippen molar-refractivity contribution in [3.63, 3.8) is 0 Å². The number of methoxy groups -OCH3 is 1. The van der Waals surface area contributed by atoms with Crippen molar-refractivity contribution in [2.24, 2.45) is 5.92 Å². The predicted octanol–water partition coefficient (Wildman–Crippen LogP) is 4.04. The van der Waals surface area contributed by atoms with E-state index < -0.39 is 0 Å². The van der Waals surface area contributed by atoms with Gasteiger partial charge in [0.2, 0.25) is 0 Å². The fourth-order valence-electron chi connectivity index (χ4n) is 3.14. The molecule has 1 aliphatic carbocycles. The van der Waals surface area contributed by atoms with E-state index in [0.717, 1.165) is 16.9 Å². The second-order valence-electron chi connectivity index (χ2n) is 6.50. The Morgan fingerprint density at radius 2 is 2.04 bits per heavy atom. The summed E-state index contributed by atoms with van der Waals surface area (Å²) in [6.45, 7) is 2.66. The van der Waals surface area contributed by atoms with Gasteiger partial charge in [-0.3, -0.25) is 4.79 Å². The van der Waals surface area contributed by atoms with Crippen LogP contribution in [-0.4, -0.2) is 18.6 Å². The Kier molecular flexibility index (Phi) is 4.83. The van der Waals surface area contributed by atoms with Crippen molar-refractivity contribution in [2.75, 3.05) is 7.11 Å². The number of carbonyl (C=O) groups excluding carboxylic acids is 1. The Morgan fingerprint density at radius 3 is 2.70 bits per heavy atom. The predicted molar refractivity (Wildman–Crippen MR) is 93.8 cm³/mol. The summed E-state index contributed by atoms with van der Waals surface area (Å²) in [7, 11) is 1.66. The maximum atomic E-state index is 12.8. The minimum absolute atomic E-state index is 0.0173. The molecule has 1 fully saturated rings. The van der Waals surface area contributed by atoms with Crippen LogP contribution in [0.5, 0.6) is 0 Å². The fourth-order valence-corrected chi connectivity index (χ4v) is 3.99. The number of rotatable bonds is 7. The van der Waals surface area contributed by atoms with Gasteiger partial charge in [-0.05, 0) is 49.1 Å². The first-order valence-electron chi connectivity index (χ1n) is 8.04. The Labute approximate surface area is 141 Å². The molecule has 1 aromatic heterocycles. The third-order valence-corrected chi connectivity index (χ3v) is 5.45. The molecule has 1 aromatic carbocycles. The number of hydrogen-bond donors (Lipinski definition) is 1. The molecule has 0 aliphatic heterocycles. The number of hydrogen-bond acceptors (Lipinski definition) is 3. The summed E-state index contributed by atoms with van der Waals surface area (Å²) >= 11 is 1.57. The van der Waals surface area contributed by atoms with Gasteiger partial charge in [0.25, 0.3) is 5.91 Å². The van der Waals surface area contributed by atoms with Gasteiger partial charge < -0.3 is 10.1 Å². The molecule has 1 unspecified atom stereocenters. The summed E-state index contributed by atoms with van der Waals surface area (Å²) in [6.07, 6.45) is 3.25. The molecule has 3 rings (SSSR count). The zero-order chi connectivity index (χ0) is 16.3. The second-order valence-corrected chi connectivity index (χ2v) is 7.50. The molecule has 23 heavy (non-hydrogen) atoms. The maximum absolute atomic E-state index is 12.8. The lowest BCUT2D eigenvalue weighted by Crippen LogP contribution is -2.49. The highest BCUT2D eigenvalue weighted by Gasteiger charge is 2.42. The molecule has 1 aliphatic rings. The first-order chi connectivity index (χ1) is 11.1. The summed E-state index contributed by atoms with van der Waals surface area (Å²) < 4.78 is 5.19. The molecule has 0 spiro atoms. The van der Waals surface area contributed by atoms with E-state index in [9.17, 15) is 4.79 Å². The van der Waals surface area contributed by atoms with Crippen molar-refractivity contribution in [3.8, 4) is 0 Å². The quantitative estimate of drug-likeness (QED) is 0.833. The van der Waals surface area contributed by atoms with Gasteiger partial charge in [-0.2, -0.15) is 0 Å². The second kappa shape index (κ2) is 6.85. The molecule has 1 atom stereocenters. The Balaban J connectivity index is 1.76. The standard InChI is InChI=1S/C19H23NO2S/c1-19(15-8-9-15,12-14-6-4-3-5-7-14)20-18(21)16-10-11-23-17(16)13-22-2/h3-7,10-11,15H,8-9,12-13H2,1-2H3,(H,20,21). The van der Waals surface area contributed by atoms with Gasteiger partial charge in [0, 0.05) is 17.5 Å². The lowest BCUT2D eigenvalue weighted by molar-refractivity contribution is 0.0890. The minimum atomic E-state index is -0.190. The van der Waals surface area contributed by atoms with Gasteiger partial charge in [-0.1, -0.05) is 30.3 Å². The van der Waals surface area contributed by atoms with Gasteiger partial charge in [0.1, 0.15) is 0 Å². The van der Waals surface area contributed by atoms with Crippen molar-refractivity contribution in [3.05, 3.63) is 57.8 Å². The number of ether oxygens (including phenoxy) is 1. The average Bonchev–Trinajstić information content (AvgIpc) is 3.29. The van der Waals surface area contributed by atoms with Crippen LogP contribution in [0.4, 0.5) is 0 Å². The van der Waals surface area contributed by atoms with Gasteiger partial charge in [-0.15, -0.1) is 11.3 Å². The molecular formula is C19H23NO2S. The average molecular weight is 329 g/mol. The molecule has 122 valence electrons. The third-order valence-electron chi connectivity index (χ3n) is 4.56. The molecule has 3 nitrogen and oxygen atoms in total. The highest BCUT2D eigenvalue weighted by atomic mass is 32.1. The van der Waals surface area contributed by atoms with Gasteiger partial charge >= 0.3 is 0 Å². The molecule has 0 radical (unpaired) electrons. The summed E-state index contributed by atoms with van der Waals surface area (Å²) in [5.74, 6) is 0.583. The Bertz CT molecular complexity index is 663. The zero-order valence-electron chi connectivity index (χ0n) is 13.7. The first kappa shape index (κ1) is 16.2. The normalized spacial score (nSPS) is 16.8. The number of carbonyl (C=O) groups is 1. The third kappa shape index (κ3) is 3.82. The minimum Gasteiger partial charge on any atom is -0.379 e. The van der Waals surface area contributed by atoms with E-state index in [1.54, 1.807) is 18.4 Å². The van der Waals surface area contributed by atoms with Gasteiger partial charge in [0.15, 0.2) is 0 Å². The summed E-state index contributed by atoms with van der Waals surface area (Å²) in [4.78, 5) is 13.8. The lowest BCUT2D eigenvalue weighted by Gasteiger charge is -2.31. The SMILES string of the molecule is COCc1sccc1C(=O)NC(C)(Cc1ccccc1)C1CC1. The van der Waals surface area contributed by atoms with E-state index in [-0.39, 0.29) is 11.4 Å². The van der Waals surface area contributed by atoms with Crippen LogP contribution in [0.2, 0.25) is 0 Å². The highest BCUT2D eigenvalue weighted by Crippen LogP contribution is 2.41.